The number of aromatic nitrogens is 2. The SMILES string of the molecule is COc1ccc(Cn2ncc3cc(/C=C4\SC(=O)N(CCN5CCC(O)CC5)C4=O)ccc32)c(C(F)(F)F)c1. The normalized spacial score (nSPS) is 18.6. The first-order valence-corrected chi connectivity index (χ1v) is 13.3. The van der Waals surface area contributed by atoms with E-state index in [0.29, 0.717) is 40.8 Å². The topological polar surface area (TPSA) is 87.9 Å². The number of halogens is 3. The zero-order chi connectivity index (χ0) is 27.7. The molecule has 0 aliphatic carbocycles. The molecule has 0 bridgehead atoms. The Morgan fingerprint density at radius 2 is 1.90 bits per heavy atom. The van der Waals surface area contributed by atoms with Crippen molar-refractivity contribution in [3.05, 3.63) is 64.2 Å². The quantitative estimate of drug-likeness (QED) is 0.423. The van der Waals surface area contributed by atoms with Gasteiger partial charge in [0, 0.05) is 31.6 Å². The standard InChI is InChI=1S/C27H27F3N4O4S/c1-38-21-4-3-18(22(14-21)27(28,29)30)16-34-23-5-2-17(12-19(23)15-31-34)13-24-25(36)33(26(37)39-24)11-10-32-8-6-20(35)7-9-32/h2-5,12-15,20,35H,6-11,16H2,1H3/b24-13-. The van der Waals surface area contributed by atoms with Gasteiger partial charge >= 0.3 is 6.18 Å². The van der Waals surface area contributed by atoms with Gasteiger partial charge in [0.25, 0.3) is 11.1 Å². The van der Waals surface area contributed by atoms with Gasteiger partial charge in [-0.15, -0.1) is 0 Å². The lowest BCUT2D eigenvalue weighted by Crippen LogP contribution is -2.42. The van der Waals surface area contributed by atoms with Crippen molar-refractivity contribution < 1.29 is 32.6 Å². The fourth-order valence-corrected chi connectivity index (χ4v) is 5.66. The van der Waals surface area contributed by atoms with E-state index in [1.165, 1.54) is 28.8 Å². The molecule has 0 radical (unpaired) electrons. The smallest absolute Gasteiger partial charge is 0.416 e. The number of hydrogen-bond donors (Lipinski definition) is 1. The third kappa shape index (κ3) is 5.97. The van der Waals surface area contributed by atoms with Crippen LogP contribution < -0.4 is 4.74 Å². The van der Waals surface area contributed by atoms with Crippen LogP contribution in [0.4, 0.5) is 18.0 Å². The predicted octanol–water partition coefficient (Wildman–Crippen LogP) is 4.61. The van der Waals surface area contributed by atoms with Crippen LogP contribution in [0.5, 0.6) is 5.75 Å². The lowest BCUT2D eigenvalue weighted by Gasteiger charge is -2.30. The van der Waals surface area contributed by atoms with Crippen molar-refractivity contribution in [2.75, 3.05) is 33.3 Å². The largest absolute Gasteiger partial charge is 0.497 e. The van der Waals surface area contributed by atoms with Crippen LogP contribution in [0.2, 0.25) is 0 Å². The van der Waals surface area contributed by atoms with Crippen LogP contribution >= 0.6 is 11.8 Å². The number of alkyl halides is 3. The summed E-state index contributed by atoms with van der Waals surface area (Å²) in [5.41, 5.74) is 0.594. The molecule has 2 fully saturated rings. The van der Waals surface area contributed by atoms with E-state index in [0.717, 1.165) is 30.9 Å². The Hall–Kier alpha value is -3.35. The number of benzene rings is 2. The number of piperidine rings is 1. The number of imide groups is 1. The predicted molar refractivity (Wildman–Crippen MR) is 141 cm³/mol. The number of aliphatic hydroxyl groups excluding tert-OH is 1. The molecule has 12 heteroatoms. The van der Waals surface area contributed by atoms with Crippen molar-refractivity contribution in [2.45, 2.75) is 31.7 Å². The van der Waals surface area contributed by atoms with Gasteiger partial charge in [0.1, 0.15) is 5.75 Å². The summed E-state index contributed by atoms with van der Waals surface area (Å²) >= 11 is 0.885. The molecule has 5 rings (SSSR count). The van der Waals surface area contributed by atoms with Gasteiger partial charge < -0.3 is 14.7 Å². The third-order valence-corrected chi connectivity index (χ3v) is 7.88. The average molecular weight is 561 g/mol. The zero-order valence-corrected chi connectivity index (χ0v) is 22.0. The van der Waals surface area contributed by atoms with E-state index in [1.54, 1.807) is 30.5 Å². The first kappa shape index (κ1) is 27.2. The van der Waals surface area contributed by atoms with Gasteiger partial charge in [0.15, 0.2) is 0 Å². The van der Waals surface area contributed by atoms with E-state index in [-0.39, 0.29) is 41.7 Å². The Morgan fingerprint density at radius 1 is 1.13 bits per heavy atom. The van der Waals surface area contributed by atoms with Gasteiger partial charge in [0.2, 0.25) is 0 Å². The number of thioether (sulfide) groups is 1. The monoisotopic (exact) mass is 560 g/mol. The van der Waals surface area contributed by atoms with Crippen molar-refractivity contribution in [3.8, 4) is 5.75 Å². The highest BCUT2D eigenvalue weighted by Crippen LogP contribution is 2.36. The lowest BCUT2D eigenvalue weighted by atomic mass is 10.1. The number of amides is 2. The molecule has 0 atom stereocenters. The van der Waals surface area contributed by atoms with Gasteiger partial charge in [-0.05, 0) is 66.1 Å². The van der Waals surface area contributed by atoms with E-state index in [4.69, 9.17) is 4.74 Å². The molecule has 3 heterocycles. The molecule has 3 aromatic rings. The summed E-state index contributed by atoms with van der Waals surface area (Å²) in [6, 6.07) is 9.10. The minimum absolute atomic E-state index is 0.0618. The fraction of sp³-hybridized carbons (Fsp3) is 0.370. The summed E-state index contributed by atoms with van der Waals surface area (Å²) in [6.45, 7) is 2.23. The number of aliphatic hydroxyl groups is 1. The van der Waals surface area contributed by atoms with Gasteiger partial charge in [-0.1, -0.05) is 12.1 Å². The second-order valence-electron chi connectivity index (χ2n) is 9.55. The van der Waals surface area contributed by atoms with Crippen LogP contribution in [0.1, 0.15) is 29.5 Å². The van der Waals surface area contributed by atoms with Crippen LogP contribution in [-0.2, 0) is 17.5 Å². The van der Waals surface area contributed by atoms with Crippen molar-refractivity contribution in [1.29, 1.82) is 0 Å². The van der Waals surface area contributed by atoms with Crippen molar-refractivity contribution in [1.82, 2.24) is 19.6 Å². The first-order valence-electron chi connectivity index (χ1n) is 12.5. The van der Waals surface area contributed by atoms with Gasteiger partial charge in [-0.3, -0.25) is 19.2 Å². The molecule has 206 valence electrons. The summed E-state index contributed by atoms with van der Waals surface area (Å²) < 4.78 is 47.4. The zero-order valence-electron chi connectivity index (χ0n) is 21.1. The number of methoxy groups -OCH3 is 1. The van der Waals surface area contributed by atoms with Crippen LogP contribution in [-0.4, -0.2) is 75.2 Å². The Labute approximate surface area is 227 Å². The van der Waals surface area contributed by atoms with E-state index in [9.17, 15) is 27.9 Å². The Bertz CT molecular complexity index is 1430. The molecular weight excluding hydrogens is 533 g/mol. The average Bonchev–Trinajstić information content (AvgIpc) is 3.42. The number of ether oxygens (including phenoxy) is 1. The Balaban J connectivity index is 1.30. The molecule has 0 saturated carbocycles. The maximum Gasteiger partial charge on any atom is 0.416 e. The number of likely N-dealkylation sites (tertiary alicyclic amines) is 1. The van der Waals surface area contributed by atoms with E-state index in [2.05, 4.69) is 10.00 Å². The molecule has 2 aliphatic heterocycles. The fourth-order valence-electron chi connectivity index (χ4n) is 4.80. The number of nitrogens with zero attached hydrogens (tertiary/aromatic N) is 4. The molecule has 8 nitrogen and oxygen atoms in total. The summed E-state index contributed by atoms with van der Waals surface area (Å²) in [5, 5.41) is 14.3. The number of carbonyl (C=O) groups excluding carboxylic acids is 2. The summed E-state index contributed by atoms with van der Waals surface area (Å²) in [6.07, 6.45) is -0.256. The summed E-state index contributed by atoms with van der Waals surface area (Å²) in [7, 11) is 1.32. The summed E-state index contributed by atoms with van der Waals surface area (Å²) in [5.74, 6) is -0.228. The van der Waals surface area contributed by atoms with Gasteiger partial charge in [0.05, 0.1) is 41.9 Å². The highest BCUT2D eigenvalue weighted by Gasteiger charge is 2.36. The van der Waals surface area contributed by atoms with E-state index < -0.39 is 11.7 Å². The molecule has 2 aromatic carbocycles. The van der Waals surface area contributed by atoms with Crippen LogP contribution in [0.3, 0.4) is 0 Å². The minimum atomic E-state index is -4.54. The highest BCUT2D eigenvalue weighted by atomic mass is 32.2. The number of rotatable bonds is 7. The van der Waals surface area contributed by atoms with E-state index >= 15 is 0 Å². The summed E-state index contributed by atoms with van der Waals surface area (Å²) in [4.78, 5) is 29.1. The highest BCUT2D eigenvalue weighted by molar-refractivity contribution is 8.18. The van der Waals surface area contributed by atoms with Crippen molar-refractivity contribution >= 4 is 39.9 Å². The number of fused-ring (bicyclic) bond motifs is 1. The van der Waals surface area contributed by atoms with E-state index in [1.807, 2.05) is 0 Å². The molecule has 1 aromatic heterocycles. The van der Waals surface area contributed by atoms with Gasteiger partial charge in [-0.2, -0.15) is 18.3 Å². The van der Waals surface area contributed by atoms with Crippen molar-refractivity contribution in [3.63, 3.8) is 0 Å². The van der Waals surface area contributed by atoms with Crippen LogP contribution in [0.15, 0.2) is 47.5 Å². The second-order valence-corrected chi connectivity index (χ2v) is 10.5. The molecule has 2 aliphatic rings. The molecule has 0 spiro atoms. The number of carbonyl (C=O) groups is 2. The minimum Gasteiger partial charge on any atom is -0.497 e. The molecule has 39 heavy (non-hydrogen) atoms. The Morgan fingerprint density at radius 3 is 2.62 bits per heavy atom. The first-order chi connectivity index (χ1) is 18.6. The molecule has 2 saturated heterocycles. The Kier molecular flexibility index (Phi) is 7.70. The molecule has 1 N–H and O–H groups in total. The molecule has 0 unspecified atom stereocenters. The molecular formula is C27H27F3N4O4S. The maximum absolute atomic E-state index is 13.6. The van der Waals surface area contributed by atoms with Crippen LogP contribution in [0.25, 0.3) is 17.0 Å². The third-order valence-electron chi connectivity index (χ3n) is 6.98. The van der Waals surface area contributed by atoms with Crippen molar-refractivity contribution in [2.24, 2.45) is 0 Å². The second kappa shape index (κ2) is 11.0. The molecule has 2 amide bonds. The lowest BCUT2D eigenvalue weighted by molar-refractivity contribution is -0.138. The van der Waals surface area contributed by atoms with Crippen LogP contribution in [0, 0.1) is 0 Å². The van der Waals surface area contributed by atoms with Gasteiger partial charge in [-0.25, -0.2) is 0 Å². The number of hydrogen-bond acceptors (Lipinski definition) is 7. The maximum atomic E-state index is 13.6.